The Labute approximate surface area is 133 Å². The first-order chi connectivity index (χ1) is 10.2. The van der Waals surface area contributed by atoms with Crippen LogP contribution in [0.3, 0.4) is 0 Å². The molecule has 0 spiro atoms. The number of rotatable bonds is 3. The second kappa shape index (κ2) is 6.37. The maximum absolute atomic E-state index is 12.9. The molecule has 1 fully saturated rings. The molecule has 1 aromatic rings. The Balaban J connectivity index is 2.45. The quantitative estimate of drug-likeness (QED) is 0.810. The first kappa shape index (κ1) is 17.6. The van der Waals surface area contributed by atoms with E-state index < -0.39 is 26.8 Å². The third kappa shape index (κ3) is 3.41. The van der Waals surface area contributed by atoms with Gasteiger partial charge in [-0.3, -0.25) is 0 Å². The van der Waals surface area contributed by atoms with E-state index >= 15 is 0 Å². The number of nitrogens with zero attached hydrogens (tertiary/aromatic N) is 1. The van der Waals surface area contributed by atoms with Crippen LogP contribution in [0.2, 0.25) is 5.02 Å². The van der Waals surface area contributed by atoms with Crippen molar-refractivity contribution in [1.29, 1.82) is 0 Å². The van der Waals surface area contributed by atoms with Gasteiger partial charge in [-0.15, -0.1) is 0 Å². The summed E-state index contributed by atoms with van der Waals surface area (Å²) in [7, 11) is -3.95. The molecule has 2 rings (SSSR count). The van der Waals surface area contributed by atoms with Crippen molar-refractivity contribution < 1.29 is 21.6 Å². The minimum atomic E-state index is -4.69. The molecule has 1 aliphatic heterocycles. The molecule has 3 nitrogen and oxygen atoms in total. The van der Waals surface area contributed by atoms with Crippen molar-refractivity contribution >= 4 is 21.6 Å². The molecule has 1 saturated heterocycles. The summed E-state index contributed by atoms with van der Waals surface area (Å²) in [6.07, 6.45) is -1.67. The molecule has 22 heavy (non-hydrogen) atoms. The van der Waals surface area contributed by atoms with Gasteiger partial charge in [-0.1, -0.05) is 24.9 Å². The molecule has 0 aromatic heterocycles. The third-order valence-electron chi connectivity index (χ3n) is 3.89. The van der Waals surface area contributed by atoms with E-state index in [1.165, 1.54) is 4.31 Å². The summed E-state index contributed by atoms with van der Waals surface area (Å²) in [6.45, 7) is 2.21. The minimum Gasteiger partial charge on any atom is -0.207 e. The van der Waals surface area contributed by atoms with Gasteiger partial charge in [0.2, 0.25) is 10.0 Å². The topological polar surface area (TPSA) is 37.4 Å². The standard InChI is InChI=1S/C14H17ClF3NO2S/c1-2-10-5-3-4-8-19(10)22(20,21)11-6-7-13(15)12(9-11)14(16,17)18/h6-7,9-10H,2-5,8H2,1H3/t10-/m0/s1. The molecular formula is C14H17ClF3NO2S. The number of benzene rings is 1. The zero-order valence-electron chi connectivity index (χ0n) is 12.0. The van der Waals surface area contributed by atoms with E-state index in [-0.39, 0.29) is 10.9 Å². The average Bonchev–Trinajstić information content (AvgIpc) is 2.46. The number of alkyl halides is 3. The van der Waals surface area contributed by atoms with E-state index in [0.717, 1.165) is 31.4 Å². The molecule has 0 bridgehead atoms. The monoisotopic (exact) mass is 355 g/mol. The van der Waals surface area contributed by atoms with Crippen LogP contribution >= 0.6 is 11.6 Å². The number of sulfonamides is 1. The highest BCUT2D eigenvalue weighted by molar-refractivity contribution is 7.89. The van der Waals surface area contributed by atoms with Crippen LogP contribution in [0.4, 0.5) is 13.2 Å². The molecule has 0 saturated carbocycles. The van der Waals surface area contributed by atoms with Crippen LogP contribution in [0.5, 0.6) is 0 Å². The Morgan fingerprint density at radius 1 is 1.32 bits per heavy atom. The predicted octanol–water partition coefficient (Wildman–Crippen LogP) is 4.31. The molecule has 1 aromatic carbocycles. The SMILES string of the molecule is CC[C@H]1CCCCN1S(=O)(=O)c1ccc(Cl)c(C(F)(F)F)c1. The van der Waals surface area contributed by atoms with E-state index in [1.807, 2.05) is 6.92 Å². The summed E-state index contributed by atoms with van der Waals surface area (Å²) in [6, 6.07) is 2.58. The second-order valence-electron chi connectivity index (χ2n) is 5.31. The summed E-state index contributed by atoms with van der Waals surface area (Å²) in [5.74, 6) is 0. The lowest BCUT2D eigenvalue weighted by Gasteiger charge is -2.34. The van der Waals surface area contributed by atoms with Crippen LogP contribution in [-0.2, 0) is 16.2 Å². The van der Waals surface area contributed by atoms with Crippen molar-refractivity contribution in [2.75, 3.05) is 6.54 Å². The van der Waals surface area contributed by atoms with Gasteiger partial charge in [0.05, 0.1) is 15.5 Å². The van der Waals surface area contributed by atoms with Crippen molar-refractivity contribution in [2.45, 2.75) is 49.7 Å². The summed E-state index contributed by atoms with van der Waals surface area (Å²) in [4.78, 5) is -0.357. The highest BCUT2D eigenvalue weighted by Crippen LogP contribution is 2.37. The lowest BCUT2D eigenvalue weighted by atomic mass is 10.0. The number of halogens is 4. The zero-order chi connectivity index (χ0) is 16.5. The maximum Gasteiger partial charge on any atom is 0.417 e. The van der Waals surface area contributed by atoms with E-state index in [0.29, 0.717) is 19.0 Å². The Morgan fingerprint density at radius 3 is 2.59 bits per heavy atom. The Hall–Kier alpha value is -0.790. The van der Waals surface area contributed by atoms with Gasteiger partial charge < -0.3 is 0 Å². The fourth-order valence-corrected chi connectivity index (χ4v) is 4.73. The first-order valence-electron chi connectivity index (χ1n) is 7.06. The summed E-state index contributed by atoms with van der Waals surface area (Å²) < 4.78 is 65.4. The van der Waals surface area contributed by atoms with Crippen molar-refractivity contribution in [2.24, 2.45) is 0 Å². The van der Waals surface area contributed by atoms with Crippen LogP contribution < -0.4 is 0 Å². The third-order valence-corrected chi connectivity index (χ3v) is 6.17. The molecule has 0 radical (unpaired) electrons. The van der Waals surface area contributed by atoms with E-state index in [1.54, 1.807) is 0 Å². The second-order valence-corrected chi connectivity index (χ2v) is 7.61. The van der Waals surface area contributed by atoms with Gasteiger partial charge in [-0.2, -0.15) is 17.5 Å². The van der Waals surface area contributed by atoms with Crippen LogP contribution in [0.1, 0.15) is 38.2 Å². The fourth-order valence-electron chi connectivity index (χ4n) is 2.72. The summed E-state index contributed by atoms with van der Waals surface area (Å²) >= 11 is 5.54. The van der Waals surface area contributed by atoms with Gasteiger partial charge in [0, 0.05) is 12.6 Å². The van der Waals surface area contributed by atoms with Crippen molar-refractivity contribution in [3.05, 3.63) is 28.8 Å². The maximum atomic E-state index is 12.9. The Kier molecular flexibility index (Phi) is 5.09. The number of hydrogen-bond acceptors (Lipinski definition) is 2. The van der Waals surface area contributed by atoms with E-state index in [4.69, 9.17) is 11.6 Å². The fraction of sp³-hybridized carbons (Fsp3) is 0.571. The summed E-state index contributed by atoms with van der Waals surface area (Å²) in [5, 5.41) is -0.503. The van der Waals surface area contributed by atoms with Gasteiger partial charge in [-0.25, -0.2) is 8.42 Å². The molecule has 1 atom stereocenters. The van der Waals surface area contributed by atoms with Crippen LogP contribution in [0, 0.1) is 0 Å². The van der Waals surface area contributed by atoms with Gasteiger partial charge in [0.25, 0.3) is 0 Å². The molecule has 0 amide bonds. The first-order valence-corrected chi connectivity index (χ1v) is 8.88. The van der Waals surface area contributed by atoms with Crippen molar-refractivity contribution in [3.63, 3.8) is 0 Å². The van der Waals surface area contributed by atoms with E-state index in [9.17, 15) is 21.6 Å². The van der Waals surface area contributed by atoms with Gasteiger partial charge in [0.1, 0.15) is 0 Å². The number of hydrogen-bond donors (Lipinski definition) is 0. The molecule has 1 aliphatic rings. The lowest BCUT2D eigenvalue weighted by Crippen LogP contribution is -2.43. The minimum absolute atomic E-state index is 0.163. The smallest absolute Gasteiger partial charge is 0.207 e. The molecule has 0 aliphatic carbocycles. The Morgan fingerprint density at radius 2 is 2.00 bits per heavy atom. The van der Waals surface area contributed by atoms with Crippen LogP contribution in [-0.4, -0.2) is 25.3 Å². The normalized spacial score (nSPS) is 21.0. The highest BCUT2D eigenvalue weighted by atomic mass is 35.5. The van der Waals surface area contributed by atoms with Gasteiger partial charge >= 0.3 is 6.18 Å². The average molecular weight is 356 g/mol. The van der Waals surface area contributed by atoms with E-state index in [2.05, 4.69) is 0 Å². The molecule has 0 unspecified atom stereocenters. The molecule has 124 valence electrons. The van der Waals surface area contributed by atoms with Gasteiger partial charge in [-0.05, 0) is 37.5 Å². The predicted molar refractivity (Wildman–Crippen MR) is 78.3 cm³/mol. The van der Waals surface area contributed by atoms with Crippen molar-refractivity contribution in [3.8, 4) is 0 Å². The zero-order valence-corrected chi connectivity index (χ0v) is 13.6. The lowest BCUT2D eigenvalue weighted by molar-refractivity contribution is -0.137. The Bertz CT molecular complexity index is 646. The molecule has 1 heterocycles. The molecular weight excluding hydrogens is 339 g/mol. The van der Waals surface area contributed by atoms with Crippen LogP contribution in [0.15, 0.2) is 23.1 Å². The number of piperidine rings is 1. The van der Waals surface area contributed by atoms with Gasteiger partial charge in [0.15, 0.2) is 0 Å². The van der Waals surface area contributed by atoms with Crippen molar-refractivity contribution in [1.82, 2.24) is 4.31 Å². The highest BCUT2D eigenvalue weighted by Gasteiger charge is 2.37. The molecule has 0 N–H and O–H groups in total. The van der Waals surface area contributed by atoms with Crippen LogP contribution in [0.25, 0.3) is 0 Å². The largest absolute Gasteiger partial charge is 0.417 e. The summed E-state index contributed by atoms with van der Waals surface area (Å²) in [5.41, 5.74) is -1.12. The molecule has 8 heteroatoms.